The van der Waals surface area contributed by atoms with E-state index < -0.39 is 5.97 Å². The Morgan fingerprint density at radius 1 is 1.42 bits per heavy atom. The minimum atomic E-state index is -1.05. The van der Waals surface area contributed by atoms with Gasteiger partial charge in [-0.3, -0.25) is 5.10 Å². The van der Waals surface area contributed by atoms with Gasteiger partial charge >= 0.3 is 5.97 Å². The highest BCUT2D eigenvalue weighted by molar-refractivity contribution is 14.1. The second-order valence-corrected chi connectivity index (χ2v) is 6.74. The number of aryl methyl sites for hydroxylation is 1. The molecule has 2 rings (SSSR count). The molecule has 0 aliphatic rings. The number of rotatable bonds is 7. The summed E-state index contributed by atoms with van der Waals surface area (Å²) in [4.78, 5) is 15.9. The molecule has 0 aliphatic heterocycles. The topological polar surface area (TPSA) is 97.3 Å². The van der Waals surface area contributed by atoms with E-state index in [2.05, 4.69) is 37.8 Å². The number of benzene rings is 1. The number of halogens is 1. The van der Waals surface area contributed by atoms with Crippen LogP contribution in [0.1, 0.15) is 18.3 Å². The summed E-state index contributed by atoms with van der Waals surface area (Å²) in [6.07, 6.45) is 2.26. The molecule has 1 heterocycles. The van der Waals surface area contributed by atoms with Gasteiger partial charge in [-0.15, -0.1) is 5.10 Å². The SMILES string of the molecule is CCc1nc(S/C(=C\c2cc(I)c(OC)c(OC)c2)C(=O)O)n[nH]1. The van der Waals surface area contributed by atoms with Gasteiger partial charge in [0.2, 0.25) is 5.16 Å². The smallest absolute Gasteiger partial charge is 0.342 e. The van der Waals surface area contributed by atoms with Crippen molar-refractivity contribution in [2.45, 2.75) is 18.5 Å². The Labute approximate surface area is 157 Å². The maximum absolute atomic E-state index is 11.5. The molecule has 0 atom stereocenters. The average molecular weight is 461 g/mol. The number of H-pyrrole nitrogens is 1. The van der Waals surface area contributed by atoms with Crippen molar-refractivity contribution in [3.05, 3.63) is 32.0 Å². The third-order valence-corrected chi connectivity index (χ3v) is 4.69. The largest absolute Gasteiger partial charge is 0.493 e. The van der Waals surface area contributed by atoms with E-state index in [-0.39, 0.29) is 4.91 Å². The minimum Gasteiger partial charge on any atom is -0.493 e. The number of methoxy groups -OCH3 is 2. The Balaban J connectivity index is 2.37. The zero-order chi connectivity index (χ0) is 17.7. The highest BCUT2D eigenvalue weighted by atomic mass is 127. The van der Waals surface area contributed by atoms with Crippen LogP contribution in [0.3, 0.4) is 0 Å². The van der Waals surface area contributed by atoms with Crippen molar-refractivity contribution in [2.24, 2.45) is 0 Å². The first kappa shape index (κ1) is 18.6. The first-order chi connectivity index (χ1) is 11.5. The molecule has 1 aromatic heterocycles. The number of hydrogen-bond donors (Lipinski definition) is 2. The summed E-state index contributed by atoms with van der Waals surface area (Å²) in [5.74, 6) is 0.813. The molecule has 0 radical (unpaired) electrons. The van der Waals surface area contributed by atoms with Gasteiger partial charge in [0.1, 0.15) is 10.7 Å². The van der Waals surface area contributed by atoms with Gasteiger partial charge in [-0.1, -0.05) is 6.92 Å². The molecule has 0 saturated heterocycles. The fraction of sp³-hybridized carbons (Fsp3) is 0.267. The number of carboxylic acid groups (broad SMARTS) is 1. The highest BCUT2D eigenvalue weighted by Crippen LogP contribution is 2.35. The van der Waals surface area contributed by atoms with Gasteiger partial charge in [0.25, 0.3) is 0 Å². The first-order valence-corrected chi connectivity index (χ1v) is 8.83. The summed E-state index contributed by atoms with van der Waals surface area (Å²) in [7, 11) is 3.09. The molecule has 7 nitrogen and oxygen atoms in total. The lowest BCUT2D eigenvalue weighted by Crippen LogP contribution is -1.98. The summed E-state index contributed by atoms with van der Waals surface area (Å²) in [6.45, 7) is 1.94. The van der Waals surface area contributed by atoms with Crippen molar-refractivity contribution in [3.8, 4) is 11.5 Å². The average Bonchev–Trinajstić information content (AvgIpc) is 3.01. The molecule has 2 N–H and O–H groups in total. The molecule has 0 fully saturated rings. The fourth-order valence-corrected chi connectivity index (χ4v) is 3.46. The maximum atomic E-state index is 11.5. The number of hydrogen-bond acceptors (Lipinski definition) is 6. The summed E-state index contributed by atoms with van der Waals surface area (Å²) in [5.41, 5.74) is 0.688. The number of aliphatic carboxylic acids is 1. The number of aromatic amines is 1. The Morgan fingerprint density at radius 2 is 2.17 bits per heavy atom. The van der Waals surface area contributed by atoms with Crippen molar-refractivity contribution in [1.29, 1.82) is 0 Å². The van der Waals surface area contributed by atoms with Gasteiger partial charge in [-0.25, -0.2) is 9.78 Å². The van der Waals surface area contributed by atoms with E-state index in [4.69, 9.17) is 9.47 Å². The summed E-state index contributed by atoms with van der Waals surface area (Å²) < 4.78 is 11.4. The van der Waals surface area contributed by atoms with Crippen molar-refractivity contribution >= 4 is 46.4 Å². The quantitative estimate of drug-likeness (QED) is 0.371. The van der Waals surface area contributed by atoms with Gasteiger partial charge in [0.05, 0.1) is 17.8 Å². The number of carbonyl (C=O) groups is 1. The van der Waals surface area contributed by atoms with Crippen molar-refractivity contribution in [2.75, 3.05) is 14.2 Å². The number of nitrogens with zero attached hydrogens (tertiary/aromatic N) is 2. The van der Waals surface area contributed by atoms with E-state index in [1.165, 1.54) is 7.11 Å². The van der Waals surface area contributed by atoms with Crippen LogP contribution in [0.4, 0.5) is 0 Å². The van der Waals surface area contributed by atoms with E-state index in [1.807, 2.05) is 13.0 Å². The van der Waals surface area contributed by atoms with E-state index in [0.717, 1.165) is 15.3 Å². The van der Waals surface area contributed by atoms with Gasteiger partial charge in [0.15, 0.2) is 11.5 Å². The first-order valence-electron chi connectivity index (χ1n) is 6.94. The van der Waals surface area contributed by atoms with Crippen LogP contribution in [-0.4, -0.2) is 40.5 Å². The maximum Gasteiger partial charge on any atom is 0.342 e. The molecule has 2 aromatic rings. The van der Waals surface area contributed by atoms with Crippen molar-refractivity contribution < 1.29 is 19.4 Å². The normalized spacial score (nSPS) is 11.4. The van der Waals surface area contributed by atoms with Crippen LogP contribution in [0.25, 0.3) is 6.08 Å². The van der Waals surface area contributed by atoms with E-state index >= 15 is 0 Å². The molecule has 0 spiro atoms. The third-order valence-electron chi connectivity index (χ3n) is 3.01. The molecular formula is C15H16IN3O4S. The lowest BCUT2D eigenvalue weighted by molar-refractivity contribution is -0.131. The van der Waals surface area contributed by atoms with Crippen LogP contribution in [0.2, 0.25) is 0 Å². The summed E-state index contributed by atoms with van der Waals surface area (Å²) in [6, 6.07) is 3.54. The minimum absolute atomic E-state index is 0.111. The number of aromatic nitrogens is 3. The number of nitrogens with one attached hydrogen (secondary N) is 1. The van der Waals surface area contributed by atoms with Gasteiger partial charge in [0, 0.05) is 6.42 Å². The molecule has 9 heteroatoms. The van der Waals surface area contributed by atoms with Crippen LogP contribution < -0.4 is 9.47 Å². The molecule has 0 aliphatic carbocycles. The second kappa shape index (κ2) is 8.38. The predicted molar refractivity (Wildman–Crippen MR) is 99.5 cm³/mol. The van der Waals surface area contributed by atoms with E-state index in [0.29, 0.717) is 34.5 Å². The molecule has 0 bridgehead atoms. The van der Waals surface area contributed by atoms with Crippen molar-refractivity contribution in [1.82, 2.24) is 15.2 Å². The Hall–Kier alpha value is -1.75. The third kappa shape index (κ3) is 4.41. The van der Waals surface area contributed by atoms with Gasteiger partial charge in [-0.05, 0) is 58.1 Å². The number of carboxylic acids is 1. The fourth-order valence-electron chi connectivity index (χ4n) is 1.89. The van der Waals surface area contributed by atoms with Crippen LogP contribution in [0.15, 0.2) is 22.2 Å². The van der Waals surface area contributed by atoms with Crippen LogP contribution >= 0.6 is 34.4 Å². The molecule has 1 aromatic carbocycles. The molecular weight excluding hydrogens is 445 g/mol. The molecule has 0 amide bonds. The molecule has 0 saturated carbocycles. The summed E-state index contributed by atoms with van der Waals surface area (Å²) >= 11 is 3.10. The van der Waals surface area contributed by atoms with E-state index in [9.17, 15) is 9.90 Å². The van der Waals surface area contributed by atoms with Crippen LogP contribution in [0.5, 0.6) is 11.5 Å². The van der Waals surface area contributed by atoms with E-state index in [1.54, 1.807) is 19.3 Å². The molecule has 0 unspecified atom stereocenters. The van der Waals surface area contributed by atoms with Gasteiger partial charge in [-0.2, -0.15) is 0 Å². The molecule has 128 valence electrons. The zero-order valence-corrected chi connectivity index (χ0v) is 16.3. The second-order valence-electron chi connectivity index (χ2n) is 4.57. The Morgan fingerprint density at radius 3 is 2.71 bits per heavy atom. The lowest BCUT2D eigenvalue weighted by Gasteiger charge is -2.10. The zero-order valence-electron chi connectivity index (χ0n) is 13.3. The molecule has 24 heavy (non-hydrogen) atoms. The Bertz CT molecular complexity index is 776. The number of ether oxygens (including phenoxy) is 2. The van der Waals surface area contributed by atoms with Gasteiger partial charge < -0.3 is 14.6 Å². The lowest BCUT2D eigenvalue weighted by atomic mass is 10.2. The van der Waals surface area contributed by atoms with Crippen LogP contribution in [-0.2, 0) is 11.2 Å². The Kier molecular flexibility index (Phi) is 6.49. The monoisotopic (exact) mass is 461 g/mol. The van der Waals surface area contributed by atoms with Crippen LogP contribution in [0, 0.1) is 3.57 Å². The van der Waals surface area contributed by atoms with Crippen molar-refractivity contribution in [3.63, 3.8) is 0 Å². The predicted octanol–water partition coefficient (Wildman–Crippen LogP) is 3.21. The summed E-state index contributed by atoms with van der Waals surface area (Å²) in [5, 5.41) is 16.6. The standard InChI is InChI=1S/C15H16IN3O4S/c1-4-12-17-15(19-18-12)24-11(14(20)21)7-8-5-9(16)13(23-3)10(6-8)22-2/h5-7H,4H2,1-3H3,(H,20,21)(H,17,18,19)/b11-7-. The highest BCUT2D eigenvalue weighted by Gasteiger charge is 2.15. The number of thioether (sulfide) groups is 1.